The van der Waals surface area contributed by atoms with Gasteiger partial charge in [-0.25, -0.2) is 13.4 Å². The van der Waals surface area contributed by atoms with E-state index in [9.17, 15) is 13.2 Å². The molecule has 0 aliphatic heterocycles. The molecule has 0 radical (unpaired) electrons. The van der Waals surface area contributed by atoms with Crippen LogP contribution in [-0.2, 0) is 27.7 Å². The smallest absolute Gasteiger partial charge is 0.242 e. The summed E-state index contributed by atoms with van der Waals surface area (Å²) in [5.74, 6) is -0.165. The molecule has 2 aromatic rings. The molecule has 1 amide bonds. The average Bonchev–Trinajstić information content (AvgIpc) is 2.98. The van der Waals surface area contributed by atoms with Gasteiger partial charge in [-0.15, -0.1) is 11.3 Å². The summed E-state index contributed by atoms with van der Waals surface area (Å²) in [4.78, 5) is 18.5. The van der Waals surface area contributed by atoms with Crippen molar-refractivity contribution in [3.8, 4) is 0 Å². The summed E-state index contributed by atoms with van der Waals surface area (Å²) in [5.41, 5.74) is 0. The van der Waals surface area contributed by atoms with Gasteiger partial charge in [-0.2, -0.15) is 0 Å². The van der Waals surface area contributed by atoms with Crippen LogP contribution < -0.4 is 0 Å². The highest BCUT2D eigenvalue weighted by Crippen LogP contribution is 2.12. The highest BCUT2D eigenvalue weighted by molar-refractivity contribution is 7.90. The molecule has 0 atom stereocenters. The molecule has 20 heavy (non-hydrogen) atoms. The van der Waals surface area contributed by atoms with Crippen molar-refractivity contribution in [2.45, 2.75) is 18.2 Å². The quantitative estimate of drug-likeness (QED) is 0.826. The molecule has 6 nitrogen and oxygen atoms in total. The van der Waals surface area contributed by atoms with Gasteiger partial charge in [0.05, 0.1) is 6.54 Å². The lowest BCUT2D eigenvalue weighted by molar-refractivity contribution is -0.131. The van der Waals surface area contributed by atoms with Gasteiger partial charge in [0.1, 0.15) is 6.54 Å². The largest absolute Gasteiger partial charge is 0.339 e. The van der Waals surface area contributed by atoms with E-state index < -0.39 is 9.84 Å². The number of amides is 1. The van der Waals surface area contributed by atoms with Crippen molar-refractivity contribution in [2.24, 2.45) is 0 Å². The fourth-order valence-electron chi connectivity index (χ4n) is 1.74. The Bertz CT molecular complexity index is 689. The van der Waals surface area contributed by atoms with Crippen LogP contribution in [0.2, 0.25) is 0 Å². The first-order chi connectivity index (χ1) is 9.38. The number of sulfone groups is 1. The molecule has 108 valence electrons. The molecule has 0 N–H and O–H groups in total. The second-order valence-electron chi connectivity index (χ2n) is 4.44. The van der Waals surface area contributed by atoms with Crippen LogP contribution in [0.15, 0.2) is 35.1 Å². The van der Waals surface area contributed by atoms with Gasteiger partial charge in [0.15, 0.2) is 0 Å². The standard InChI is InChI=1S/C12H15N3O3S2/c1-14(8-10-4-3-7-19-10)11(16)9-15-6-5-13-12(15)20(2,17)18/h3-7H,8-9H2,1-2H3. The van der Waals surface area contributed by atoms with Crippen molar-refractivity contribution < 1.29 is 13.2 Å². The number of thiophene rings is 1. The minimum atomic E-state index is -3.43. The molecule has 0 spiro atoms. The number of hydrogen-bond donors (Lipinski definition) is 0. The molecule has 0 aromatic carbocycles. The molecule has 8 heteroatoms. The van der Waals surface area contributed by atoms with E-state index >= 15 is 0 Å². The van der Waals surface area contributed by atoms with Crippen LogP contribution in [0.1, 0.15) is 4.88 Å². The lowest BCUT2D eigenvalue weighted by atomic mass is 10.4. The van der Waals surface area contributed by atoms with E-state index in [4.69, 9.17) is 0 Å². The van der Waals surface area contributed by atoms with Crippen LogP contribution in [0.5, 0.6) is 0 Å². The molecule has 0 unspecified atom stereocenters. The predicted octanol–water partition coefficient (Wildman–Crippen LogP) is 1.01. The van der Waals surface area contributed by atoms with Crippen molar-refractivity contribution in [3.63, 3.8) is 0 Å². The summed E-state index contributed by atoms with van der Waals surface area (Å²) in [6.07, 6.45) is 3.95. The molecule has 0 bridgehead atoms. The van der Waals surface area contributed by atoms with E-state index in [1.165, 1.54) is 17.0 Å². The molecule has 0 fully saturated rings. The third-order valence-corrected chi connectivity index (χ3v) is 4.58. The Morgan fingerprint density at radius 2 is 2.25 bits per heavy atom. The van der Waals surface area contributed by atoms with Gasteiger partial charge in [-0.1, -0.05) is 6.07 Å². The van der Waals surface area contributed by atoms with E-state index in [-0.39, 0.29) is 17.6 Å². The summed E-state index contributed by atoms with van der Waals surface area (Å²) in [6.45, 7) is 0.476. The van der Waals surface area contributed by atoms with Crippen LogP contribution >= 0.6 is 11.3 Å². The van der Waals surface area contributed by atoms with Gasteiger partial charge < -0.3 is 9.47 Å². The topological polar surface area (TPSA) is 72.3 Å². The first-order valence-corrected chi connectivity index (χ1v) is 8.62. The maximum atomic E-state index is 12.1. The lowest BCUT2D eigenvalue weighted by Crippen LogP contribution is -2.30. The lowest BCUT2D eigenvalue weighted by Gasteiger charge is -2.17. The Kier molecular flexibility index (Phi) is 4.24. The molecule has 0 aliphatic carbocycles. The van der Waals surface area contributed by atoms with Crippen LogP contribution in [0.25, 0.3) is 0 Å². The normalized spacial score (nSPS) is 11.5. The third kappa shape index (κ3) is 3.45. The minimum absolute atomic E-state index is 0.0374. The zero-order valence-electron chi connectivity index (χ0n) is 11.2. The number of imidazole rings is 1. The SMILES string of the molecule is CN(Cc1cccs1)C(=O)Cn1ccnc1S(C)(=O)=O. The average molecular weight is 313 g/mol. The molecule has 0 aliphatic rings. The van der Waals surface area contributed by atoms with Gasteiger partial charge in [-0.3, -0.25) is 4.79 Å². The Labute approximate surface area is 121 Å². The van der Waals surface area contributed by atoms with Crippen LogP contribution in [-0.4, -0.2) is 42.1 Å². The van der Waals surface area contributed by atoms with E-state index in [0.29, 0.717) is 6.54 Å². The van der Waals surface area contributed by atoms with Gasteiger partial charge >= 0.3 is 0 Å². The molecular formula is C12H15N3O3S2. The van der Waals surface area contributed by atoms with Gasteiger partial charge in [0.2, 0.25) is 20.9 Å². The van der Waals surface area contributed by atoms with Gasteiger partial charge in [0.25, 0.3) is 0 Å². The number of carbonyl (C=O) groups is 1. The fourth-order valence-corrected chi connectivity index (χ4v) is 3.30. The second kappa shape index (κ2) is 5.76. The Balaban J connectivity index is 2.07. The maximum absolute atomic E-state index is 12.1. The molecular weight excluding hydrogens is 298 g/mol. The summed E-state index contributed by atoms with van der Waals surface area (Å²) in [7, 11) is -1.73. The Morgan fingerprint density at radius 3 is 2.85 bits per heavy atom. The number of hydrogen-bond acceptors (Lipinski definition) is 5. The number of likely N-dealkylation sites (N-methyl/N-ethyl adjacent to an activating group) is 1. The van der Waals surface area contributed by atoms with E-state index in [0.717, 1.165) is 11.1 Å². The van der Waals surface area contributed by atoms with Crippen LogP contribution in [0.3, 0.4) is 0 Å². The van der Waals surface area contributed by atoms with Crippen molar-refractivity contribution >= 4 is 27.1 Å². The van der Waals surface area contributed by atoms with E-state index in [1.54, 1.807) is 23.3 Å². The van der Waals surface area contributed by atoms with Crippen molar-refractivity contribution in [1.29, 1.82) is 0 Å². The summed E-state index contributed by atoms with van der Waals surface area (Å²) < 4.78 is 24.4. The molecule has 2 aromatic heterocycles. The van der Waals surface area contributed by atoms with Crippen molar-refractivity contribution in [1.82, 2.24) is 14.5 Å². The van der Waals surface area contributed by atoms with Gasteiger partial charge in [-0.05, 0) is 11.4 Å². The molecule has 2 rings (SSSR count). The predicted molar refractivity (Wildman–Crippen MR) is 76.1 cm³/mol. The molecule has 0 saturated heterocycles. The van der Waals surface area contributed by atoms with Crippen molar-refractivity contribution in [3.05, 3.63) is 34.8 Å². The summed E-state index contributed by atoms with van der Waals surface area (Å²) in [5, 5.41) is 1.86. The van der Waals surface area contributed by atoms with E-state index in [2.05, 4.69) is 4.98 Å². The summed E-state index contributed by atoms with van der Waals surface area (Å²) >= 11 is 1.58. The number of nitrogens with zero attached hydrogens (tertiary/aromatic N) is 3. The number of carbonyl (C=O) groups excluding carboxylic acids is 1. The fraction of sp³-hybridized carbons (Fsp3) is 0.333. The first kappa shape index (κ1) is 14.7. The Morgan fingerprint density at radius 1 is 1.50 bits per heavy atom. The highest BCUT2D eigenvalue weighted by Gasteiger charge is 2.18. The molecule has 2 heterocycles. The zero-order valence-corrected chi connectivity index (χ0v) is 12.8. The summed E-state index contributed by atoms with van der Waals surface area (Å²) in [6, 6.07) is 3.88. The highest BCUT2D eigenvalue weighted by atomic mass is 32.2. The number of aromatic nitrogens is 2. The minimum Gasteiger partial charge on any atom is -0.339 e. The second-order valence-corrected chi connectivity index (χ2v) is 7.38. The Hall–Kier alpha value is -1.67. The third-order valence-electron chi connectivity index (χ3n) is 2.71. The van der Waals surface area contributed by atoms with Crippen LogP contribution in [0.4, 0.5) is 0 Å². The van der Waals surface area contributed by atoms with Gasteiger partial charge in [0, 0.05) is 30.6 Å². The van der Waals surface area contributed by atoms with E-state index in [1.807, 2.05) is 17.5 Å². The number of rotatable bonds is 5. The van der Waals surface area contributed by atoms with Crippen molar-refractivity contribution in [2.75, 3.05) is 13.3 Å². The van der Waals surface area contributed by atoms with Crippen LogP contribution in [0, 0.1) is 0 Å². The zero-order chi connectivity index (χ0) is 14.8. The monoisotopic (exact) mass is 313 g/mol. The maximum Gasteiger partial charge on any atom is 0.242 e. The first-order valence-electron chi connectivity index (χ1n) is 5.85. The molecule has 0 saturated carbocycles.